The first kappa shape index (κ1) is 9.01. The zero-order chi connectivity index (χ0) is 8.97. The first-order chi connectivity index (χ1) is 5.70. The zero-order valence-corrected chi connectivity index (χ0v) is 7.49. The Bertz CT molecular complexity index is 260. The second kappa shape index (κ2) is 4.07. The molecule has 0 aliphatic heterocycles. The highest BCUT2D eigenvalue weighted by molar-refractivity contribution is 5.63. The summed E-state index contributed by atoms with van der Waals surface area (Å²) in [6.45, 7) is 3.76. The summed E-state index contributed by atoms with van der Waals surface area (Å²) < 4.78 is 0. The highest BCUT2D eigenvalue weighted by Crippen LogP contribution is 2.12. The largest absolute Gasteiger partial charge is 0.389 e. The van der Waals surface area contributed by atoms with Crippen LogP contribution < -0.4 is 0 Å². The second-order valence-corrected chi connectivity index (χ2v) is 2.96. The van der Waals surface area contributed by atoms with Gasteiger partial charge in [-0.2, -0.15) is 0 Å². The lowest BCUT2D eigenvalue weighted by atomic mass is 10.1. The van der Waals surface area contributed by atoms with Crippen molar-refractivity contribution >= 4 is 5.57 Å². The maximum Gasteiger partial charge on any atom is 0.0698 e. The first-order valence-corrected chi connectivity index (χ1v) is 4.12. The number of allylic oxidation sites excluding steroid dienone is 1. The minimum absolute atomic E-state index is 0.370. The van der Waals surface area contributed by atoms with Gasteiger partial charge in [-0.15, -0.1) is 0 Å². The summed E-state index contributed by atoms with van der Waals surface area (Å²) in [7, 11) is 0. The lowest BCUT2D eigenvalue weighted by molar-refractivity contribution is 0.244. The SMILES string of the molecule is C/C(=C\C(C)O)c1ccccc1. The smallest absolute Gasteiger partial charge is 0.0698 e. The molecule has 0 spiro atoms. The average molecular weight is 162 g/mol. The van der Waals surface area contributed by atoms with Crippen LogP contribution in [0.1, 0.15) is 19.4 Å². The molecule has 0 bridgehead atoms. The Labute approximate surface area is 73.4 Å². The number of aliphatic hydroxyl groups excluding tert-OH is 1. The number of hydrogen-bond donors (Lipinski definition) is 1. The van der Waals surface area contributed by atoms with Crippen LogP contribution in [0.2, 0.25) is 0 Å². The predicted molar refractivity (Wildman–Crippen MR) is 51.8 cm³/mol. The maximum atomic E-state index is 9.11. The van der Waals surface area contributed by atoms with Gasteiger partial charge in [0.05, 0.1) is 6.10 Å². The molecule has 1 nitrogen and oxygen atoms in total. The molecule has 0 aliphatic carbocycles. The summed E-state index contributed by atoms with van der Waals surface area (Å²) in [4.78, 5) is 0. The number of benzene rings is 1. The third-order valence-corrected chi connectivity index (χ3v) is 1.72. The molecule has 64 valence electrons. The van der Waals surface area contributed by atoms with Crippen molar-refractivity contribution in [1.82, 2.24) is 0 Å². The summed E-state index contributed by atoms with van der Waals surface area (Å²) in [5.41, 5.74) is 2.28. The molecular weight excluding hydrogens is 148 g/mol. The Hall–Kier alpha value is -1.08. The van der Waals surface area contributed by atoms with Gasteiger partial charge in [0, 0.05) is 0 Å². The molecule has 0 saturated heterocycles. The Morgan fingerprint density at radius 3 is 2.42 bits per heavy atom. The van der Waals surface area contributed by atoms with E-state index in [1.54, 1.807) is 6.92 Å². The van der Waals surface area contributed by atoms with E-state index in [4.69, 9.17) is 5.11 Å². The van der Waals surface area contributed by atoms with Gasteiger partial charge in [-0.1, -0.05) is 36.4 Å². The monoisotopic (exact) mass is 162 g/mol. The van der Waals surface area contributed by atoms with Crippen LogP contribution in [0.3, 0.4) is 0 Å². The highest BCUT2D eigenvalue weighted by Gasteiger charge is 1.95. The van der Waals surface area contributed by atoms with Crippen molar-refractivity contribution < 1.29 is 5.11 Å². The Balaban J connectivity index is 2.85. The van der Waals surface area contributed by atoms with Gasteiger partial charge in [0.15, 0.2) is 0 Å². The topological polar surface area (TPSA) is 20.2 Å². The van der Waals surface area contributed by atoms with Crippen LogP contribution in [0.25, 0.3) is 5.57 Å². The fraction of sp³-hybridized carbons (Fsp3) is 0.273. The standard InChI is InChI=1S/C11H14O/c1-9(8-10(2)12)11-6-4-3-5-7-11/h3-8,10,12H,1-2H3/b9-8+. The lowest BCUT2D eigenvalue weighted by Gasteiger charge is -2.02. The fourth-order valence-corrected chi connectivity index (χ4v) is 1.16. The van der Waals surface area contributed by atoms with E-state index in [9.17, 15) is 0 Å². The van der Waals surface area contributed by atoms with Crippen LogP contribution >= 0.6 is 0 Å². The van der Waals surface area contributed by atoms with E-state index in [0.29, 0.717) is 0 Å². The molecule has 0 fully saturated rings. The zero-order valence-electron chi connectivity index (χ0n) is 7.49. The molecule has 0 aromatic heterocycles. The van der Waals surface area contributed by atoms with Crippen LogP contribution in [0, 0.1) is 0 Å². The van der Waals surface area contributed by atoms with Crippen molar-refractivity contribution in [3.63, 3.8) is 0 Å². The molecule has 1 N–H and O–H groups in total. The maximum absolute atomic E-state index is 9.11. The molecule has 1 unspecified atom stereocenters. The van der Waals surface area contributed by atoms with E-state index >= 15 is 0 Å². The first-order valence-electron chi connectivity index (χ1n) is 4.12. The Morgan fingerprint density at radius 2 is 1.92 bits per heavy atom. The van der Waals surface area contributed by atoms with Crippen LogP contribution in [0.15, 0.2) is 36.4 Å². The molecule has 0 amide bonds. The van der Waals surface area contributed by atoms with Gasteiger partial charge in [0.25, 0.3) is 0 Å². The van der Waals surface area contributed by atoms with Crippen LogP contribution in [0.4, 0.5) is 0 Å². The van der Waals surface area contributed by atoms with Gasteiger partial charge in [-0.05, 0) is 25.0 Å². The van der Waals surface area contributed by atoms with Gasteiger partial charge in [-0.3, -0.25) is 0 Å². The van der Waals surface area contributed by atoms with E-state index in [2.05, 4.69) is 0 Å². The Morgan fingerprint density at radius 1 is 1.33 bits per heavy atom. The predicted octanol–water partition coefficient (Wildman–Crippen LogP) is 2.47. The molecule has 0 saturated carbocycles. The highest BCUT2D eigenvalue weighted by atomic mass is 16.3. The molecular formula is C11H14O. The average Bonchev–Trinajstić information content (AvgIpc) is 2.05. The summed E-state index contributed by atoms with van der Waals surface area (Å²) in [5, 5.41) is 9.11. The van der Waals surface area contributed by atoms with Crippen molar-refractivity contribution in [3.8, 4) is 0 Å². The summed E-state index contributed by atoms with van der Waals surface area (Å²) in [6, 6.07) is 10.0. The van der Waals surface area contributed by atoms with Crippen molar-refractivity contribution in [2.75, 3.05) is 0 Å². The van der Waals surface area contributed by atoms with Gasteiger partial charge >= 0.3 is 0 Å². The second-order valence-electron chi connectivity index (χ2n) is 2.96. The Kier molecular flexibility index (Phi) is 3.06. The molecule has 0 radical (unpaired) electrons. The summed E-state index contributed by atoms with van der Waals surface area (Å²) in [6.07, 6.45) is 1.47. The lowest BCUT2D eigenvalue weighted by Crippen LogP contribution is -1.94. The normalized spacial score (nSPS) is 14.4. The summed E-state index contributed by atoms with van der Waals surface area (Å²) in [5.74, 6) is 0. The molecule has 1 rings (SSSR count). The van der Waals surface area contributed by atoms with Gasteiger partial charge < -0.3 is 5.11 Å². The number of aliphatic hydroxyl groups is 1. The molecule has 1 atom stereocenters. The molecule has 0 aliphatic rings. The van der Waals surface area contributed by atoms with E-state index < -0.39 is 0 Å². The molecule has 1 heteroatoms. The number of rotatable bonds is 2. The fourth-order valence-electron chi connectivity index (χ4n) is 1.16. The third-order valence-electron chi connectivity index (χ3n) is 1.72. The van der Waals surface area contributed by atoms with Crippen LogP contribution in [-0.4, -0.2) is 11.2 Å². The van der Waals surface area contributed by atoms with Crippen molar-refractivity contribution in [1.29, 1.82) is 0 Å². The third kappa shape index (κ3) is 2.51. The summed E-state index contributed by atoms with van der Waals surface area (Å²) >= 11 is 0. The van der Waals surface area contributed by atoms with Crippen LogP contribution in [0.5, 0.6) is 0 Å². The van der Waals surface area contributed by atoms with Crippen molar-refractivity contribution in [2.24, 2.45) is 0 Å². The van der Waals surface area contributed by atoms with Crippen molar-refractivity contribution in [3.05, 3.63) is 42.0 Å². The van der Waals surface area contributed by atoms with E-state index in [1.807, 2.05) is 43.3 Å². The van der Waals surface area contributed by atoms with Gasteiger partial charge in [0.2, 0.25) is 0 Å². The van der Waals surface area contributed by atoms with E-state index in [-0.39, 0.29) is 6.10 Å². The molecule has 1 aromatic rings. The van der Waals surface area contributed by atoms with E-state index in [1.165, 1.54) is 5.56 Å². The van der Waals surface area contributed by atoms with Crippen LogP contribution in [-0.2, 0) is 0 Å². The molecule has 0 heterocycles. The van der Waals surface area contributed by atoms with Gasteiger partial charge in [-0.25, -0.2) is 0 Å². The van der Waals surface area contributed by atoms with Crippen molar-refractivity contribution in [2.45, 2.75) is 20.0 Å². The number of hydrogen-bond acceptors (Lipinski definition) is 1. The quantitative estimate of drug-likeness (QED) is 0.708. The van der Waals surface area contributed by atoms with E-state index in [0.717, 1.165) is 5.57 Å². The molecule has 1 aromatic carbocycles. The molecule has 12 heavy (non-hydrogen) atoms. The van der Waals surface area contributed by atoms with Gasteiger partial charge in [0.1, 0.15) is 0 Å². The minimum atomic E-state index is -0.370. The minimum Gasteiger partial charge on any atom is -0.389 e.